The summed E-state index contributed by atoms with van der Waals surface area (Å²) in [7, 11) is 1.59. The Labute approximate surface area is 119 Å². The molecule has 2 saturated heterocycles. The van der Waals surface area contributed by atoms with Crippen LogP contribution in [0.3, 0.4) is 0 Å². The van der Waals surface area contributed by atoms with E-state index in [1.54, 1.807) is 7.11 Å². The number of carboxylic acids is 1. The van der Waals surface area contributed by atoms with Gasteiger partial charge < -0.3 is 24.4 Å². The van der Waals surface area contributed by atoms with Crippen molar-refractivity contribution in [3.05, 3.63) is 0 Å². The van der Waals surface area contributed by atoms with Gasteiger partial charge in [0.25, 0.3) is 0 Å². The van der Waals surface area contributed by atoms with Gasteiger partial charge in [0.2, 0.25) is 0 Å². The van der Waals surface area contributed by atoms with Crippen LogP contribution in [0.2, 0.25) is 0 Å². The van der Waals surface area contributed by atoms with Crippen LogP contribution in [0.4, 0.5) is 0 Å². The molecule has 0 spiro atoms. The fraction of sp³-hybridized carbons (Fsp3) is 0.929. The van der Waals surface area contributed by atoms with Gasteiger partial charge in [-0.1, -0.05) is 0 Å². The lowest BCUT2D eigenvalue weighted by Crippen LogP contribution is -2.44. The molecule has 0 radical (unpaired) electrons. The number of aliphatic carboxylic acids is 1. The first kappa shape index (κ1) is 15.7. The Morgan fingerprint density at radius 3 is 2.70 bits per heavy atom. The Morgan fingerprint density at radius 1 is 1.45 bits per heavy atom. The number of hydrogen-bond acceptors (Lipinski definition) is 5. The highest BCUT2D eigenvalue weighted by Gasteiger charge is 2.57. The summed E-state index contributed by atoms with van der Waals surface area (Å²) < 4.78 is 16.1. The van der Waals surface area contributed by atoms with Crippen LogP contribution >= 0.6 is 0 Å². The van der Waals surface area contributed by atoms with Crippen LogP contribution in [0.5, 0.6) is 0 Å². The van der Waals surface area contributed by atoms with Crippen molar-refractivity contribution < 1.29 is 29.2 Å². The van der Waals surface area contributed by atoms with E-state index in [1.807, 2.05) is 6.92 Å². The summed E-state index contributed by atoms with van der Waals surface area (Å²) in [4.78, 5) is 11.6. The number of ether oxygens (including phenoxy) is 3. The summed E-state index contributed by atoms with van der Waals surface area (Å²) >= 11 is 0. The van der Waals surface area contributed by atoms with Crippen LogP contribution < -0.4 is 0 Å². The average Bonchev–Trinajstić information content (AvgIpc) is 2.97. The standard InChI is InChI=1S/C14H24O6/c1-9(7-18-2)19-8-10(15)5-14(13(16)17)6-11-3-4-12(14)20-11/h9-12,15H,3-8H2,1-2H3,(H,16,17). The van der Waals surface area contributed by atoms with Crippen LogP contribution in [-0.2, 0) is 19.0 Å². The van der Waals surface area contributed by atoms with E-state index in [2.05, 4.69) is 0 Å². The summed E-state index contributed by atoms with van der Waals surface area (Å²) in [6.07, 6.45) is 1.23. The van der Waals surface area contributed by atoms with E-state index in [4.69, 9.17) is 14.2 Å². The third kappa shape index (κ3) is 3.14. The highest BCUT2D eigenvalue weighted by atomic mass is 16.5. The third-order valence-electron chi connectivity index (χ3n) is 4.32. The van der Waals surface area contributed by atoms with E-state index in [-0.39, 0.29) is 31.3 Å². The highest BCUT2D eigenvalue weighted by molar-refractivity contribution is 5.76. The maximum absolute atomic E-state index is 11.6. The van der Waals surface area contributed by atoms with Gasteiger partial charge in [-0.15, -0.1) is 0 Å². The number of carbonyl (C=O) groups is 1. The molecule has 2 heterocycles. The van der Waals surface area contributed by atoms with Gasteiger partial charge in [0.1, 0.15) is 0 Å². The lowest BCUT2D eigenvalue weighted by atomic mass is 9.70. The van der Waals surface area contributed by atoms with Crippen molar-refractivity contribution in [2.24, 2.45) is 5.41 Å². The van der Waals surface area contributed by atoms with Crippen LogP contribution in [0, 0.1) is 5.41 Å². The number of aliphatic hydroxyl groups is 1. The van der Waals surface area contributed by atoms with E-state index in [9.17, 15) is 15.0 Å². The van der Waals surface area contributed by atoms with E-state index in [0.29, 0.717) is 13.0 Å². The lowest BCUT2D eigenvalue weighted by Gasteiger charge is -2.32. The van der Waals surface area contributed by atoms with Gasteiger partial charge in [-0.3, -0.25) is 4.79 Å². The van der Waals surface area contributed by atoms with Crippen LogP contribution in [0.25, 0.3) is 0 Å². The maximum atomic E-state index is 11.6. The minimum absolute atomic E-state index is 0.0385. The molecule has 2 aliphatic heterocycles. The molecule has 0 aromatic heterocycles. The molecule has 5 unspecified atom stereocenters. The van der Waals surface area contributed by atoms with Crippen molar-refractivity contribution in [2.45, 2.75) is 57.0 Å². The lowest BCUT2D eigenvalue weighted by molar-refractivity contribution is -0.156. The number of aliphatic hydroxyl groups excluding tert-OH is 1. The number of carboxylic acid groups (broad SMARTS) is 1. The van der Waals surface area contributed by atoms with Crippen molar-refractivity contribution in [3.8, 4) is 0 Å². The molecule has 2 aliphatic rings. The zero-order valence-electron chi connectivity index (χ0n) is 12.1. The molecule has 116 valence electrons. The highest BCUT2D eigenvalue weighted by Crippen LogP contribution is 2.50. The molecule has 6 heteroatoms. The Kier molecular flexibility index (Phi) is 5.01. The molecule has 2 bridgehead atoms. The molecule has 6 nitrogen and oxygen atoms in total. The fourth-order valence-electron chi connectivity index (χ4n) is 3.36. The molecule has 0 aromatic rings. The number of methoxy groups -OCH3 is 1. The first-order valence-electron chi connectivity index (χ1n) is 7.15. The predicted octanol–water partition coefficient (Wildman–Crippen LogP) is 0.811. The molecule has 2 rings (SSSR count). The van der Waals surface area contributed by atoms with Crippen molar-refractivity contribution in [3.63, 3.8) is 0 Å². The minimum atomic E-state index is -0.948. The van der Waals surface area contributed by atoms with E-state index in [1.165, 1.54) is 0 Å². The first-order chi connectivity index (χ1) is 9.48. The van der Waals surface area contributed by atoms with Gasteiger partial charge >= 0.3 is 5.97 Å². The normalized spacial score (nSPS) is 35.1. The van der Waals surface area contributed by atoms with Gasteiger partial charge in [-0.2, -0.15) is 0 Å². The van der Waals surface area contributed by atoms with Crippen LogP contribution in [0.15, 0.2) is 0 Å². The van der Waals surface area contributed by atoms with E-state index >= 15 is 0 Å². The molecular weight excluding hydrogens is 264 g/mol. The molecule has 0 saturated carbocycles. The molecule has 0 amide bonds. The monoisotopic (exact) mass is 288 g/mol. The van der Waals surface area contributed by atoms with Gasteiger partial charge in [0, 0.05) is 7.11 Å². The molecule has 2 N–H and O–H groups in total. The molecular formula is C14H24O6. The molecule has 5 atom stereocenters. The molecule has 2 fully saturated rings. The van der Waals surface area contributed by atoms with Gasteiger partial charge in [0.05, 0.1) is 43.0 Å². The smallest absolute Gasteiger partial charge is 0.312 e. The predicted molar refractivity (Wildman–Crippen MR) is 70.5 cm³/mol. The summed E-state index contributed by atoms with van der Waals surface area (Å²) in [6.45, 7) is 2.42. The Morgan fingerprint density at radius 2 is 2.20 bits per heavy atom. The third-order valence-corrected chi connectivity index (χ3v) is 4.32. The number of fused-ring (bicyclic) bond motifs is 2. The summed E-state index contributed by atoms with van der Waals surface area (Å²) in [5.74, 6) is -0.867. The van der Waals surface area contributed by atoms with Gasteiger partial charge in [-0.05, 0) is 32.6 Å². The van der Waals surface area contributed by atoms with E-state index < -0.39 is 17.5 Å². The van der Waals surface area contributed by atoms with Crippen molar-refractivity contribution in [2.75, 3.05) is 20.3 Å². The van der Waals surface area contributed by atoms with Crippen LogP contribution in [0.1, 0.15) is 32.6 Å². The fourth-order valence-corrected chi connectivity index (χ4v) is 3.36. The second-order valence-corrected chi connectivity index (χ2v) is 5.95. The molecule has 0 aliphatic carbocycles. The Hall–Kier alpha value is -0.690. The second-order valence-electron chi connectivity index (χ2n) is 5.95. The maximum Gasteiger partial charge on any atom is 0.312 e. The average molecular weight is 288 g/mol. The summed E-state index contributed by atoms with van der Waals surface area (Å²) in [5.41, 5.74) is -0.948. The second kappa shape index (κ2) is 6.39. The van der Waals surface area contributed by atoms with E-state index in [0.717, 1.165) is 12.8 Å². The summed E-state index contributed by atoms with van der Waals surface area (Å²) in [5, 5.41) is 19.6. The zero-order valence-corrected chi connectivity index (χ0v) is 12.1. The minimum Gasteiger partial charge on any atom is -0.481 e. The number of hydrogen-bond donors (Lipinski definition) is 2. The van der Waals surface area contributed by atoms with Gasteiger partial charge in [-0.25, -0.2) is 0 Å². The Bertz CT molecular complexity index is 347. The van der Waals surface area contributed by atoms with Crippen molar-refractivity contribution in [1.82, 2.24) is 0 Å². The Balaban J connectivity index is 1.88. The van der Waals surface area contributed by atoms with Crippen molar-refractivity contribution in [1.29, 1.82) is 0 Å². The number of rotatable bonds is 8. The summed E-state index contributed by atoms with van der Waals surface area (Å²) in [6, 6.07) is 0. The topological polar surface area (TPSA) is 85.2 Å². The molecule has 20 heavy (non-hydrogen) atoms. The zero-order chi connectivity index (χ0) is 14.8. The SMILES string of the molecule is COCC(C)OCC(O)CC1(C(=O)O)CC2CCC1O2. The largest absolute Gasteiger partial charge is 0.481 e. The molecule has 0 aromatic carbocycles. The van der Waals surface area contributed by atoms with Crippen LogP contribution in [-0.4, -0.2) is 60.9 Å². The first-order valence-corrected chi connectivity index (χ1v) is 7.15. The quantitative estimate of drug-likeness (QED) is 0.687. The van der Waals surface area contributed by atoms with Gasteiger partial charge in [0.15, 0.2) is 0 Å². The van der Waals surface area contributed by atoms with Crippen molar-refractivity contribution >= 4 is 5.97 Å².